The second-order valence-corrected chi connectivity index (χ2v) is 4.97. The Morgan fingerprint density at radius 1 is 1.56 bits per heavy atom. The summed E-state index contributed by atoms with van der Waals surface area (Å²) >= 11 is 3.36. The van der Waals surface area contributed by atoms with Gasteiger partial charge in [-0.15, -0.1) is 0 Å². The van der Waals surface area contributed by atoms with E-state index in [4.69, 9.17) is 10.4 Å². The van der Waals surface area contributed by atoms with Crippen molar-refractivity contribution in [1.29, 1.82) is 5.26 Å². The van der Waals surface area contributed by atoms with E-state index < -0.39 is 0 Å². The highest BCUT2D eigenvalue weighted by molar-refractivity contribution is 9.10. The SMILES string of the molecule is N#Cc1cc(Br)ccc1N1CCC(CO)C1. The first-order valence-corrected chi connectivity index (χ1v) is 6.09. The average molecular weight is 281 g/mol. The van der Waals surface area contributed by atoms with Crippen LogP contribution in [0.15, 0.2) is 22.7 Å². The fourth-order valence-electron chi connectivity index (χ4n) is 2.07. The molecule has 16 heavy (non-hydrogen) atoms. The molecule has 0 aliphatic carbocycles. The summed E-state index contributed by atoms with van der Waals surface area (Å²) in [7, 11) is 0. The number of nitriles is 1. The zero-order chi connectivity index (χ0) is 11.5. The van der Waals surface area contributed by atoms with Crippen LogP contribution >= 0.6 is 15.9 Å². The summed E-state index contributed by atoms with van der Waals surface area (Å²) in [5.41, 5.74) is 1.66. The highest BCUT2D eigenvalue weighted by Crippen LogP contribution is 2.28. The number of aliphatic hydroxyl groups is 1. The zero-order valence-electron chi connectivity index (χ0n) is 8.86. The van der Waals surface area contributed by atoms with Crippen LogP contribution in [0.1, 0.15) is 12.0 Å². The van der Waals surface area contributed by atoms with Crippen molar-refractivity contribution in [2.75, 3.05) is 24.6 Å². The zero-order valence-corrected chi connectivity index (χ0v) is 10.4. The standard InChI is InChI=1S/C12H13BrN2O/c13-11-1-2-12(10(5-11)6-14)15-4-3-9(7-15)8-16/h1-2,5,9,16H,3-4,7-8H2. The van der Waals surface area contributed by atoms with Gasteiger partial charge in [-0.1, -0.05) is 15.9 Å². The Labute approximate surface area is 103 Å². The van der Waals surface area contributed by atoms with Crippen molar-refractivity contribution in [2.24, 2.45) is 5.92 Å². The molecule has 1 N–H and O–H groups in total. The van der Waals surface area contributed by atoms with E-state index in [0.29, 0.717) is 11.5 Å². The fourth-order valence-corrected chi connectivity index (χ4v) is 2.44. The van der Waals surface area contributed by atoms with Gasteiger partial charge in [0.05, 0.1) is 11.3 Å². The summed E-state index contributed by atoms with van der Waals surface area (Å²) in [4.78, 5) is 2.17. The van der Waals surface area contributed by atoms with Crippen molar-refractivity contribution in [3.63, 3.8) is 0 Å². The summed E-state index contributed by atoms with van der Waals surface area (Å²) in [6, 6.07) is 7.95. The molecule has 1 aliphatic heterocycles. The highest BCUT2D eigenvalue weighted by Gasteiger charge is 2.23. The summed E-state index contributed by atoms with van der Waals surface area (Å²) in [5.74, 6) is 0.343. The van der Waals surface area contributed by atoms with E-state index >= 15 is 0 Å². The maximum absolute atomic E-state index is 9.10. The van der Waals surface area contributed by atoms with Gasteiger partial charge < -0.3 is 10.0 Å². The minimum Gasteiger partial charge on any atom is -0.396 e. The van der Waals surface area contributed by atoms with Gasteiger partial charge in [-0.2, -0.15) is 5.26 Å². The van der Waals surface area contributed by atoms with E-state index in [2.05, 4.69) is 26.9 Å². The number of nitrogens with zero attached hydrogens (tertiary/aromatic N) is 2. The van der Waals surface area contributed by atoms with E-state index in [9.17, 15) is 0 Å². The maximum atomic E-state index is 9.10. The number of halogens is 1. The van der Waals surface area contributed by atoms with Gasteiger partial charge in [0, 0.05) is 30.1 Å². The van der Waals surface area contributed by atoms with Gasteiger partial charge in [0.1, 0.15) is 6.07 Å². The molecule has 1 unspecified atom stereocenters. The lowest BCUT2D eigenvalue weighted by Gasteiger charge is -2.19. The number of benzene rings is 1. The van der Waals surface area contributed by atoms with E-state index in [1.807, 2.05) is 18.2 Å². The number of aliphatic hydroxyl groups excluding tert-OH is 1. The lowest BCUT2D eigenvalue weighted by atomic mass is 10.1. The van der Waals surface area contributed by atoms with Gasteiger partial charge in [-0.3, -0.25) is 0 Å². The molecule has 84 valence electrons. The van der Waals surface area contributed by atoms with Crippen LogP contribution in [-0.4, -0.2) is 24.8 Å². The first-order chi connectivity index (χ1) is 7.74. The molecule has 1 fully saturated rings. The van der Waals surface area contributed by atoms with Crippen molar-refractivity contribution in [3.8, 4) is 6.07 Å². The highest BCUT2D eigenvalue weighted by atomic mass is 79.9. The van der Waals surface area contributed by atoms with E-state index in [0.717, 1.165) is 29.7 Å². The Bertz CT molecular complexity index is 428. The predicted molar refractivity (Wildman–Crippen MR) is 66.3 cm³/mol. The van der Waals surface area contributed by atoms with Crippen molar-refractivity contribution < 1.29 is 5.11 Å². The molecule has 2 rings (SSSR count). The van der Waals surface area contributed by atoms with Crippen LogP contribution in [0, 0.1) is 17.2 Å². The van der Waals surface area contributed by atoms with Crippen LogP contribution in [0.2, 0.25) is 0 Å². The van der Waals surface area contributed by atoms with Crippen LogP contribution in [0.5, 0.6) is 0 Å². The van der Waals surface area contributed by atoms with Crippen LogP contribution in [0.25, 0.3) is 0 Å². The molecule has 1 saturated heterocycles. The molecule has 0 spiro atoms. The normalized spacial score (nSPS) is 19.8. The molecule has 0 amide bonds. The quantitative estimate of drug-likeness (QED) is 0.903. The molecule has 1 heterocycles. The summed E-state index contributed by atoms with van der Waals surface area (Å²) in [5, 5.41) is 18.2. The predicted octanol–water partition coefficient (Wildman–Crippen LogP) is 2.14. The molecule has 1 aliphatic rings. The Hall–Kier alpha value is -1.05. The molecular weight excluding hydrogens is 268 g/mol. The Morgan fingerprint density at radius 3 is 3.00 bits per heavy atom. The molecule has 0 aromatic heterocycles. The number of anilines is 1. The molecule has 1 aromatic rings. The van der Waals surface area contributed by atoms with E-state index in [-0.39, 0.29) is 6.61 Å². The fraction of sp³-hybridized carbons (Fsp3) is 0.417. The van der Waals surface area contributed by atoms with Gasteiger partial charge in [-0.25, -0.2) is 0 Å². The van der Waals surface area contributed by atoms with Crippen molar-refractivity contribution in [2.45, 2.75) is 6.42 Å². The first kappa shape index (κ1) is 11.4. The minimum atomic E-state index is 0.231. The largest absolute Gasteiger partial charge is 0.396 e. The Morgan fingerprint density at radius 2 is 2.38 bits per heavy atom. The van der Waals surface area contributed by atoms with Crippen LogP contribution in [0.3, 0.4) is 0 Å². The molecular formula is C12H13BrN2O. The molecule has 3 nitrogen and oxygen atoms in total. The molecule has 4 heteroatoms. The third-order valence-corrected chi connectivity index (χ3v) is 3.46. The smallest absolute Gasteiger partial charge is 0.101 e. The topological polar surface area (TPSA) is 47.3 Å². The monoisotopic (exact) mass is 280 g/mol. The molecule has 0 saturated carbocycles. The van der Waals surface area contributed by atoms with Gasteiger partial charge in [0.2, 0.25) is 0 Å². The lowest BCUT2D eigenvalue weighted by Crippen LogP contribution is -2.21. The van der Waals surface area contributed by atoms with E-state index in [1.54, 1.807) is 0 Å². The summed E-state index contributed by atoms with van der Waals surface area (Å²) < 4.78 is 0.922. The van der Waals surface area contributed by atoms with E-state index in [1.165, 1.54) is 0 Å². The lowest BCUT2D eigenvalue weighted by molar-refractivity contribution is 0.238. The van der Waals surface area contributed by atoms with Gasteiger partial charge in [0.25, 0.3) is 0 Å². The molecule has 1 aromatic carbocycles. The number of hydrogen-bond acceptors (Lipinski definition) is 3. The van der Waals surface area contributed by atoms with Gasteiger partial charge in [-0.05, 0) is 24.6 Å². The third-order valence-electron chi connectivity index (χ3n) is 2.96. The molecule has 1 atom stereocenters. The second kappa shape index (κ2) is 4.86. The van der Waals surface area contributed by atoms with Gasteiger partial charge >= 0.3 is 0 Å². The van der Waals surface area contributed by atoms with Crippen LogP contribution in [-0.2, 0) is 0 Å². The van der Waals surface area contributed by atoms with Gasteiger partial charge in [0.15, 0.2) is 0 Å². The molecule has 0 radical (unpaired) electrons. The van der Waals surface area contributed by atoms with Crippen molar-refractivity contribution >= 4 is 21.6 Å². The van der Waals surface area contributed by atoms with Crippen molar-refractivity contribution in [1.82, 2.24) is 0 Å². The number of rotatable bonds is 2. The second-order valence-electron chi connectivity index (χ2n) is 4.06. The first-order valence-electron chi connectivity index (χ1n) is 5.30. The minimum absolute atomic E-state index is 0.231. The van der Waals surface area contributed by atoms with Crippen molar-refractivity contribution in [3.05, 3.63) is 28.2 Å². The molecule has 0 bridgehead atoms. The maximum Gasteiger partial charge on any atom is 0.101 e. The Kier molecular flexibility index (Phi) is 3.47. The average Bonchev–Trinajstić information content (AvgIpc) is 2.77. The number of hydrogen-bond donors (Lipinski definition) is 1. The third kappa shape index (κ3) is 2.21. The summed E-state index contributed by atoms with van der Waals surface area (Å²) in [6.07, 6.45) is 0.997. The van der Waals surface area contributed by atoms with Crippen LogP contribution < -0.4 is 4.90 Å². The summed E-state index contributed by atoms with van der Waals surface area (Å²) in [6.45, 7) is 1.99. The Balaban J connectivity index is 2.25. The van der Waals surface area contributed by atoms with Crippen LogP contribution in [0.4, 0.5) is 5.69 Å².